The lowest BCUT2D eigenvalue weighted by Gasteiger charge is -2.31. The fourth-order valence-electron chi connectivity index (χ4n) is 1.90. The SMILES string of the molecule is Cc1ccc(S(=O)(=O)OCCCCCC#C[Si](C)(C)C(C)(C)C)cc1. The highest BCUT2D eigenvalue weighted by Gasteiger charge is 2.33. The Labute approximate surface area is 155 Å². The summed E-state index contributed by atoms with van der Waals surface area (Å²) in [4.78, 5) is 0.221. The summed E-state index contributed by atoms with van der Waals surface area (Å²) in [5.74, 6) is 3.32. The fourth-order valence-corrected chi connectivity index (χ4v) is 3.79. The highest BCUT2D eigenvalue weighted by molar-refractivity contribution is 7.86. The number of rotatable bonds is 7. The van der Waals surface area contributed by atoms with Gasteiger partial charge >= 0.3 is 0 Å². The average Bonchev–Trinajstić information content (AvgIpc) is 2.49. The van der Waals surface area contributed by atoms with Crippen molar-refractivity contribution in [3.63, 3.8) is 0 Å². The number of benzene rings is 1. The first-order valence-corrected chi connectivity index (χ1v) is 13.3. The first-order chi connectivity index (χ1) is 11.5. The molecule has 0 spiro atoms. The molecule has 0 aliphatic heterocycles. The Bertz CT molecular complexity index is 702. The van der Waals surface area contributed by atoms with E-state index < -0.39 is 18.2 Å². The normalized spacial score (nSPS) is 12.6. The van der Waals surface area contributed by atoms with Crippen molar-refractivity contribution in [2.75, 3.05) is 6.61 Å². The highest BCUT2D eigenvalue weighted by atomic mass is 32.2. The summed E-state index contributed by atoms with van der Waals surface area (Å²) in [6, 6.07) is 6.72. The van der Waals surface area contributed by atoms with Gasteiger partial charge in [0.15, 0.2) is 0 Å². The van der Waals surface area contributed by atoms with E-state index in [4.69, 9.17) is 4.18 Å². The lowest BCUT2D eigenvalue weighted by molar-refractivity contribution is 0.307. The maximum absolute atomic E-state index is 12.0. The van der Waals surface area contributed by atoms with Crippen LogP contribution in [-0.2, 0) is 14.3 Å². The molecule has 0 unspecified atom stereocenters. The maximum Gasteiger partial charge on any atom is 0.296 e. The molecule has 25 heavy (non-hydrogen) atoms. The van der Waals surface area contributed by atoms with Crippen LogP contribution in [0.2, 0.25) is 18.1 Å². The smallest absolute Gasteiger partial charge is 0.266 e. The van der Waals surface area contributed by atoms with Gasteiger partial charge in [-0.2, -0.15) is 8.42 Å². The Morgan fingerprint density at radius 3 is 2.20 bits per heavy atom. The summed E-state index contributed by atoms with van der Waals surface area (Å²) in [5.41, 5.74) is 4.53. The lowest BCUT2D eigenvalue weighted by Crippen LogP contribution is -2.35. The zero-order chi connectivity index (χ0) is 19.1. The Morgan fingerprint density at radius 1 is 1.04 bits per heavy atom. The maximum atomic E-state index is 12.0. The molecule has 0 aromatic heterocycles. The van der Waals surface area contributed by atoms with Crippen LogP contribution in [-0.4, -0.2) is 23.1 Å². The molecule has 0 N–H and O–H groups in total. The van der Waals surface area contributed by atoms with E-state index in [-0.39, 0.29) is 16.5 Å². The van der Waals surface area contributed by atoms with Gasteiger partial charge in [0.05, 0.1) is 11.5 Å². The van der Waals surface area contributed by atoms with Crippen LogP contribution in [0.4, 0.5) is 0 Å². The molecular weight excluding hydrogens is 348 g/mol. The van der Waals surface area contributed by atoms with Crippen LogP contribution in [0.15, 0.2) is 29.2 Å². The predicted molar refractivity (Wildman–Crippen MR) is 108 cm³/mol. The van der Waals surface area contributed by atoms with Gasteiger partial charge < -0.3 is 0 Å². The van der Waals surface area contributed by atoms with Crippen LogP contribution in [0.1, 0.15) is 52.0 Å². The quantitative estimate of drug-likeness (QED) is 0.278. The van der Waals surface area contributed by atoms with Gasteiger partial charge in [0, 0.05) is 6.42 Å². The Morgan fingerprint density at radius 2 is 1.64 bits per heavy atom. The summed E-state index contributed by atoms with van der Waals surface area (Å²) >= 11 is 0. The third kappa shape index (κ3) is 7.35. The zero-order valence-electron chi connectivity index (χ0n) is 16.5. The second-order valence-electron chi connectivity index (χ2n) is 8.08. The van der Waals surface area contributed by atoms with E-state index in [1.54, 1.807) is 24.3 Å². The van der Waals surface area contributed by atoms with Gasteiger partial charge in [-0.1, -0.05) is 58.0 Å². The Hall–Kier alpha value is -1.09. The van der Waals surface area contributed by atoms with E-state index in [2.05, 4.69) is 45.3 Å². The molecule has 0 fully saturated rings. The molecule has 3 nitrogen and oxygen atoms in total. The topological polar surface area (TPSA) is 43.4 Å². The van der Waals surface area contributed by atoms with Gasteiger partial charge in [-0.05, 0) is 36.9 Å². The summed E-state index contributed by atoms with van der Waals surface area (Å²) in [5, 5.41) is 0.290. The molecule has 0 saturated carbocycles. The zero-order valence-corrected chi connectivity index (χ0v) is 18.3. The van der Waals surface area contributed by atoms with Crippen molar-refractivity contribution in [3.8, 4) is 11.5 Å². The van der Waals surface area contributed by atoms with E-state index in [1.807, 2.05) is 6.92 Å². The first kappa shape index (κ1) is 21.9. The van der Waals surface area contributed by atoms with E-state index >= 15 is 0 Å². The summed E-state index contributed by atoms with van der Waals surface area (Å²) < 4.78 is 29.2. The van der Waals surface area contributed by atoms with Crippen LogP contribution in [0, 0.1) is 18.4 Å². The molecule has 1 aromatic carbocycles. The van der Waals surface area contributed by atoms with Crippen molar-refractivity contribution >= 4 is 18.2 Å². The molecule has 5 heteroatoms. The molecule has 1 aromatic rings. The number of hydrogen-bond acceptors (Lipinski definition) is 3. The van der Waals surface area contributed by atoms with E-state index in [1.165, 1.54) is 0 Å². The highest BCUT2D eigenvalue weighted by Crippen LogP contribution is 2.35. The van der Waals surface area contributed by atoms with Crippen LogP contribution < -0.4 is 0 Å². The number of aryl methyl sites for hydroxylation is 1. The molecule has 0 heterocycles. The number of unbranched alkanes of at least 4 members (excludes halogenated alkanes) is 3. The number of hydrogen-bond donors (Lipinski definition) is 0. The molecule has 0 bridgehead atoms. The van der Waals surface area contributed by atoms with Crippen LogP contribution >= 0.6 is 0 Å². The lowest BCUT2D eigenvalue weighted by atomic mass is 10.2. The molecule has 1 rings (SSSR count). The second kappa shape index (κ2) is 9.02. The largest absolute Gasteiger partial charge is 0.296 e. The van der Waals surface area contributed by atoms with Gasteiger partial charge in [0.1, 0.15) is 8.07 Å². The van der Waals surface area contributed by atoms with E-state index in [0.717, 1.165) is 31.2 Å². The van der Waals surface area contributed by atoms with Crippen LogP contribution in [0.5, 0.6) is 0 Å². The summed E-state index contributed by atoms with van der Waals surface area (Å²) in [6.07, 6.45) is 3.51. The van der Waals surface area contributed by atoms with Gasteiger partial charge in [-0.15, -0.1) is 11.5 Å². The standard InChI is InChI=1S/C20H32O3SSi/c1-18-12-14-19(15-13-18)24(21,22)23-16-10-8-7-9-11-17-25(5,6)20(2,3)4/h12-15H,7-10,16H2,1-6H3. The minimum Gasteiger partial charge on any atom is -0.266 e. The molecule has 0 saturated heterocycles. The van der Waals surface area contributed by atoms with Gasteiger partial charge in [-0.3, -0.25) is 4.18 Å². The van der Waals surface area contributed by atoms with Crippen LogP contribution in [0.3, 0.4) is 0 Å². The Kier molecular flexibility index (Phi) is 7.92. The second-order valence-corrected chi connectivity index (χ2v) is 14.7. The fraction of sp³-hybridized carbons (Fsp3) is 0.600. The van der Waals surface area contributed by atoms with Crippen molar-refractivity contribution in [2.24, 2.45) is 0 Å². The first-order valence-electron chi connectivity index (χ1n) is 8.92. The van der Waals surface area contributed by atoms with Crippen molar-refractivity contribution in [2.45, 2.75) is 76.4 Å². The third-order valence-corrected chi connectivity index (χ3v) is 10.6. The molecular formula is C20H32O3SSi. The minimum absolute atomic E-state index is 0.221. The predicted octanol–water partition coefficient (Wildman–Crippen LogP) is 5.31. The van der Waals surface area contributed by atoms with Gasteiger partial charge in [0.25, 0.3) is 10.1 Å². The molecule has 0 radical (unpaired) electrons. The Balaban J connectivity index is 2.30. The summed E-state index contributed by atoms with van der Waals surface area (Å²) in [6.45, 7) is 13.6. The van der Waals surface area contributed by atoms with Gasteiger partial charge in [-0.25, -0.2) is 0 Å². The van der Waals surface area contributed by atoms with Crippen molar-refractivity contribution < 1.29 is 12.6 Å². The van der Waals surface area contributed by atoms with Crippen molar-refractivity contribution in [1.29, 1.82) is 0 Å². The molecule has 140 valence electrons. The summed E-state index contributed by atoms with van der Waals surface area (Å²) in [7, 11) is -5.14. The minimum atomic E-state index is -3.63. The van der Waals surface area contributed by atoms with Crippen molar-refractivity contribution in [3.05, 3.63) is 29.8 Å². The van der Waals surface area contributed by atoms with E-state index in [0.29, 0.717) is 0 Å². The molecule has 0 aliphatic carbocycles. The molecule has 0 atom stereocenters. The van der Waals surface area contributed by atoms with E-state index in [9.17, 15) is 8.42 Å². The van der Waals surface area contributed by atoms with Crippen LogP contribution in [0.25, 0.3) is 0 Å². The third-order valence-electron chi connectivity index (χ3n) is 4.77. The molecule has 0 amide bonds. The average molecular weight is 381 g/mol. The molecule has 0 aliphatic rings. The van der Waals surface area contributed by atoms with Gasteiger partial charge in [0.2, 0.25) is 0 Å². The van der Waals surface area contributed by atoms with Crippen molar-refractivity contribution in [1.82, 2.24) is 0 Å². The monoisotopic (exact) mass is 380 g/mol.